The van der Waals surface area contributed by atoms with Crippen LogP contribution in [0.5, 0.6) is 0 Å². The van der Waals surface area contributed by atoms with E-state index >= 15 is 0 Å². The predicted molar refractivity (Wildman–Crippen MR) is 112 cm³/mol. The van der Waals surface area contributed by atoms with E-state index in [1.807, 2.05) is 12.1 Å². The van der Waals surface area contributed by atoms with Gasteiger partial charge in [0.1, 0.15) is 4.88 Å². The van der Waals surface area contributed by atoms with E-state index in [0.29, 0.717) is 17.7 Å². The van der Waals surface area contributed by atoms with Crippen molar-refractivity contribution in [3.63, 3.8) is 0 Å². The van der Waals surface area contributed by atoms with E-state index in [4.69, 9.17) is 21.8 Å². The molecule has 0 spiro atoms. The first-order chi connectivity index (χ1) is 13.4. The molecule has 1 saturated carbocycles. The third kappa shape index (κ3) is 7.16. The number of carboxylic acid groups (broad SMARTS) is 1. The van der Waals surface area contributed by atoms with Crippen LogP contribution < -0.4 is 0 Å². The van der Waals surface area contributed by atoms with E-state index in [2.05, 4.69) is 0 Å². The van der Waals surface area contributed by atoms with Crippen LogP contribution in [0.2, 0.25) is 0 Å². The number of hydrogen-bond donors (Lipinski definition) is 4. The number of unbranched alkanes of at least 4 members (excludes halogenated alkanes) is 2. The minimum Gasteiger partial charge on any atom is -0.477 e. The SMILES string of the molecule is O=C(O)c1ccc(CCC[C@@H]2[C@@H](/C=C/[C@@H](O)CCCCCO)[C@H](O)C[C@H]2Cl)s1. The molecule has 0 radical (unpaired) electrons. The number of aliphatic hydroxyl groups excluding tert-OH is 3. The molecule has 4 N–H and O–H groups in total. The van der Waals surface area contributed by atoms with Crippen LogP contribution in [0.25, 0.3) is 0 Å². The zero-order valence-corrected chi connectivity index (χ0v) is 17.6. The van der Waals surface area contributed by atoms with Gasteiger partial charge in [-0.15, -0.1) is 22.9 Å². The maximum Gasteiger partial charge on any atom is 0.345 e. The topological polar surface area (TPSA) is 98.0 Å². The van der Waals surface area contributed by atoms with Crippen LogP contribution in [0.3, 0.4) is 0 Å². The highest BCUT2D eigenvalue weighted by Crippen LogP contribution is 2.40. The number of aliphatic hydroxyl groups is 3. The second-order valence-electron chi connectivity index (χ2n) is 7.55. The summed E-state index contributed by atoms with van der Waals surface area (Å²) in [7, 11) is 0. The Labute approximate surface area is 175 Å². The fourth-order valence-electron chi connectivity index (χ4n) is 3.87. The van der Waals surface area contributed by atoms with Crippen LogP contribution in [-0.2, 0) is 6.42 Å². The number of halogens is 1. The monoisotopic (exact) mass is 430 g/mol. The highest BCUT2D eigenvalue weighted by molar-refractivity contribution is 7.13. The average molecular weight is 431 g/mol. The summed E-state index contributed by atoms with van der Waals surface area (Å²) < 4.78 is 0. The summed E-state index contributed by atoms with van der Waals surface area (Å²) in [6.07, 6.45) is 8.91. The molecule has 1 aliphatic rings. The number of aromatic carboxylic acids is 1. The van der Waals surface area contributed by atoms with Crippen molar-refractivity contribution in [1.82, 2.24) is 0 Å². The predicted octanol–water partition coefficient (Wildman–Crippen LogP) is 3.84. The van der Waals surface area contributed by atoms with Crippen molar-refractivity contribution in [3.05, 3.63) is 34.0 Å². The van der Waals surface area contributed by atoms with E-state index in [-0.39, 0.29) is 23.8 Å². The lowest BCUT2D eigenvalue weighted by Crippen LogP contribution is -2.19. The molecule has 1 heterocycles. The summed E-state index contributed by atoms with van der Waals surface area (Å²) in [5.74, 6) is -0.808. The Balaban J connectivity index is 1.83. The van der Waals surface area contributed by atoms with Gasteiger partial charge in [-0.2, -0.15) is 0 Å². The van der Waals surface area contributed by atoms with E-state index in [0.717, 1.165) is 43.4 Å². The number of thiophene rings is 1. The van der Waals surface area contributed by atoms with E-state index in [1.54, 1.807) is 12.1 Å². The van der Waals surface area contributed by atoms with Gasteiger partial charge < -0.3 is 20.4 Å². The molecule has 5 atom stereocenters. The fourth-order valence-corrected chi connectivity index (χ4v) is 5.23. The summed E-state index contributed by atoms with van der Waals surface area (Å²) in [5, 5.41) is 38.2. The van der Waals surface area contributed by atoms with Gasteiger partial charge in [0.25, 0.3) is 0 Å². The summed E-state index contributed by atoms with van der Waals surface area (Å²) in [6.45, 7) is 0.183. The zero-order valence-electron chi connectivity index (χ0n) is 16.0. The number of carboxylic acids is 1. The van der Waals surface area contributed by atoms with Gasteiger partial charge in [0.15, 0.2) is 0 Å². The normalized spacial score (nSPS) is 26.1. The van der Waals surface area contributed by atoms with Crippen LogP contribution in [0.4, 0.5) is 0 Å². The van der Waals surface area contributed by atoms with Crippen LogP contribution in [-0.4, -0.2) is 50.6 Å². The molecule has 0 aliphatic heterocycles. The fraction of sp³-hybridized carbons (Fsp3) is 0.667. The molecule has 158 valence electrons. The minimum atomic E-state index is -0.892. The third-order valence-electron chi connectivity index (χ3n) is 5.42. The Hall–Kier alpha value is -0.920. The van der Waals surface area contributed by atoms with E-state index in [1.165, 1.54) is 11.3 Å². The second-order valence-corrected chi connectivity index (χ2v) is 9.28. The van der Waals surface area contributed by atoms with Crippen LogP contribution in [0.1, 0.15) is 59.5 Å². The lowest BCUT2D eigenvalue weighted by Gasteiger charge is -2.21. The molecule has 1 aliphatic carbocycles. The zero-order chi connectivity index (χ0) is 20.5. The van der Waals surface area contributed by atoms with Gasteiger partial charge in [-0.25, -0.2) is 4.79 Å². The molecule has 1 fully saturated rings. The van der Waals surface area contributed by atoms with Gasteiger partial charge in [0.05, 0.1) is 12.2 Å². The Morgan fingerprint density at radius 2 is 2.07 bits per heavy atom. The highest BCUT2D eigenvalue weighted by atomic mass is 35.5. The minimum absolute atomic E-state index is 0.0625. The van der Waals surface area contributed by atoms with Crippen molar-refractivity contribution in [2.45, 2.75) is 69.0 Å². The van der Waals surface area contributed by atoms with Gasteiger partial charge in [-0.3, -0.25) is 0 Å². The van der Waals surface area contributed by atoms with Gasteiger partial charge in [0.2, 0.25) is 0 Å². The lowest BCUT2D eigenvalue weighted by molar-refractivity contribution is 0.0702. The molecular weight excluding hydrogens is 400 g/mol. The first-order valence-electron chi connectivity index (χ1n) is 10.0. The van der Waals surface area contributed by atoms with Gasteiger partial charge >= 0.3 is 5.97 Å². The quantitative estimate of drug-likeness (QED) is 0.229. The Morgan fingerprint density at radius 1 is 1.29 bits per heavy atom. The summed E-state index contributed by atoms with van der Waals surface area (Å²) in [6, 6.07) is 3.50. The molecule has 0 unspecified atom stereocenters. The molecular formula is C21H31ClO5S. The third-order valence-corrected chi connectivity index (χ3v) is 7.05. The lowest BCUT2D eigenvalue weighted by atomic mass is 9.89. The summed E-state index contributed by atoms with van der Waals surface area (Å²) in [4.78, 5) is 12.4. The smallest absolute Gasteiger partial charge is 0.345 e. The number of rotatable bonds is 12. The highest BCUT2D eigenvalue weighted by Gasteiger charge is 2.39. The van der Waals surface area contributed by atoms with E-state index in [9.17, 15) is 15.0 Å². The van der Waals surface area contributed by atoms with Crippen molar-refractivity contribution in [2.24, 2.45) is 11.8 Å². The molecule has 0 saturated heterocycles. The second kappa shape index (κ2) is 11.9. The largest absolute Gasteiger partial charge is 0.477 e. The number of alkyl halides is 1. The maximum absolute atomic E-state index is 11.0. The average Bonchev–Trinajstić information content (AvgIpc) is 3.22. The molecule has 1 aromatic rings. The number of hydrogen-bond acceptors (Lipinski definition) is 5. The summed E-state index contributed by atoms with van der Waals surface area (Å²) >= 11 is 7.78. The van der Waals surface area contributed by atoms with Crippen LogP contribution in [0, 0.1) is 11.8 Å². The van der Waals surface area contributed by atoms with Crippen LogP contribution in [0.15, 0.2) is 24.3 Å². The van der Waals surface area contributed by atoms with Crippen molar-refractivity contribution >= 4 is 28.9 Å². The molecule has 0 amide bonds. The van der Waals surface area contributed by atoms with Crippen molar-refractivity contribution < 1.29 is 25.2 Å². The molecule has 5 nitrogen and oxygen atoms in total. The van der Waals surface area contributed by atoms with Gasteiger partial charge in [-0.05, 0) is 56.6 Å². The van der Waals surface area contributed by atoms with Gasteiger partial charge in [-0.1, -0.05) is 25.0 Å². The first kappa shape index (κ1) is 23.4. The Bertz CT molecular complexity index is 632. The van der Waals surface area contributed by atoms with Crippen molar-refractivity contribution in [2.75, 3.05) is 6.61 Å². The standard InChI is InChI=1S/C21H31ClO5S/c22-18-13-19(25)17(10-8-14(24)5-2-1-3-12-23)16(18)7-4-6-15-9-11-20(28-15)21(26)27/h8-11,14,16-19,23-25H,1-7,12-13H2,(H,26,27)/b10-8+/t14-,16+,17+,18+,19+/m0/s1. The molecule has 2 rings (SSSR count). The molecule has 1 aromatic heterocycles. The Kier molecular flexibility index (Phi) is 9.95. The van der Waals surface area contributed by atoms with E-state index < -0.39 is 18.2 Å². The molecule has 7 heteroatoms. The van der Waals surface area contributed by atoms with Crippen molar-refractivity contribution in [1.29, 1.82) is 0 Å². The number of carbonyl (C=O) groups is 1. The molecule has 28 heavy (non-hydrogen) atoms. The van der Waals surface area contributed by atoms with Gasteiger partial charge in [0, 0.05) is 22.8 Å². The molecule has 0 aromatic carbocycles. The van der Waals surface area contributed by atoms with Crippen LogP contribution >= 0.6 is 22.9 Å². The maximum atomic E-state index is 11.0. The Morgan fingerprint density at radius 3 is 2.75 bits per heavy atom. The van der Waals surface area contributed by atoms with Crippen molar-refractivity contribution in [3.8, 4) is 0 Å². The number of aryl methyl sites for hydroxylation is 1. The summed E-state index contributed by atoms with van der Waals surface area (Å²) in [5.41, 5.74) is 0. The molecule has 0 bridgehead atoms. The first-order valence-corrected chi connectivity index (χ1v) is 11.3.